The summed E-state index contributed by atoms with van der Waals surface area (Å²) in [7, 11) is 0. The minimum absolute atomic E-state index is 0.107. The summed E-state index contributed by atoms with van der Waals surface area (Å²) >= 11 is 11.7. The van der Waals surface area contributed by atoms with Gasteiger partial charge in [0.25, 0.3) is 0 Å². The fraction of sp³-hybridized carbons (Fsp3) is 0.412. The van der Waals surface area contributed by atoms with Gasteiger partial charge in [-0.1, -0.05) is 29.8 Å². The van der Waals surface area contributed by atoms with Crippen LogP contribution in [0.4, 0.5) is 0 Å². The van der Waals surface area contributed by atoms with E-state index in [-0.39, 0.29) is 5.54 Å². The van der Waals surface area contributed by atoms with E-state index in [1.54, 1.807) is 11.3 Å². The highest BCUT2D eigenvalue weighted by Gasteiger charge is 2.19. The maximum absolute atomic E-state index is 6.41. The Hall–Kier alpha value is -0.350. The van der Waals surface area contributed by atoms with Crippen LogP contribution in [-0.2, 0) is 6.42 Å². The molecular formula is C17H21BrClNS. The monoisotopic (exact) mass is 385 g/mol. The summed E-state index contributed by atoms with van der Waals surface area (Å²) in [6.07, 6.45) is 1.00. The van der Waals surface area contributed by atoms with Crippen molar-refractivity contribution >= 4 is 38.9 Å². The Labute approximate surface area is 144 Å². The molecule has 0 amide bonds. The zero-order valence-corrected chi connectivity index (χ0v) is 15.8. The van der Waals surface area contributed by atoms with Crippen LogP contribution in [0.1, 0.15) is 37.1 Å². The van der Waals surface area contributed by atoms with Crippen molar-refractivity contribution in [1.82, 2.24) is 5.32 Å². The zero-order chi connectivity index (χ0) is 15.5. The second-order valence-corrected chi connectivity index (χ2v) is 8.60. The highest BCUT2D eigenvalue weighted by atomic mass is 79.9. The van der Waals surface area contributed by atoms with E-state index in [9.17, 15) is 0 Å². The third-order valence-corrected chi connectivity index (χ3v) is 5.36. The fourth-order valence-corrected chi connectivity index (χ4v) is 4.05. The Balaban J connectivity index is 2.19. The molecule has 2 aromatic rings. The van der Waals surface area contributed by atoms with Crippen LogP contribution in [0.25, 0.3) is 0 Å². The van der Waals surface area contributed by atoms with Gasteiger partial charge in [0.1, 0.15) is 0 Å². The first-order valence-corrected chi connectivity index (χ1v) is 9.12. The van der Waals surface area contributed by atoms with Crippen molar-refractivity contribution in [3.05, 3.63) is 55.6 Å². The molecule has 1 nitrogen and oxygen atoms in total. The van der Waals surface area contributed by atoms with E-state index in [2.05, 4.69) is 65.6 Å². The molecule has 0 saturated heterocycles. The summed E-state index contributed by atoms with van der Waals surface area (Å²) in [4.78, 5) is 1.38. The Bertz CT molecular complexity index is 588. The second kappa shape index (κ2) is 7.28. The summed E-state index contributed by atoms with van der Waals surface area (Å²) in [5.74, 6) is 0.378. The van der Waals surface area contributed by atoms with Crippen molar-refractivity contribution in [1.29, 1.82) is 0 Å². The summed E-state index contributed by atoms with van der Waals surface area (Å²) in [5, 5.41) is 6.60. The van der Waals surface area contributed by atoms with Gasteiger partial charge in [-0.15, -0.1) is 11.3 Å². The molecule has 1 atom stereocenters. The quantitative estimate of drug-likeness (QED) is 0.676. The normalized spacial score (nSPS) is 13.4. The first-order valence-electron chi connectivity index (χ1n) is 7.07. The van der Waals surface area contributed by atoms with Crippen molar-refractivity contribution in [3.8, 4) is 0 Å². The van der Waals surface area contributed by atoms with Crippen LogP contribution < -0.4 is 5.32 Å². The van der Waals surface area contributed by atoms with Gasteiger partial charge in [0.05, 0.1) is 0 Å². The molecule has 0 radical (unpaired) electrons. The van der Waals surface area contributed by atoms with Crippen LogP contribution >= 0.6 is 38.9 Å². The van der Waals surface area contributed by atoms with Crippen LogP contribution in [0.15, 0.2) is 40.2 Å². The Morgan fingerprint density at radius 3 is 2.57 bits per heavy atom. The molecule has 21 heavy (non-hydrogen) atoms. The molecule has 1 aromatic carbocycles. The van der Waals surface area contributed by atoms with Crippen LogP contribution in [0.3, 0.4) is 0 Å². The van der Waals surface area contributed by atoms with Gasteiger partial charge in [0.15, 0.2) is 0 Å². The van der Waals surface area contributed by atoms with Crippen LogP contribution in [0.2, 0.25) is 5.02 Å². The predicted molar refractivity (Wildman–Crippen MR) is 97.7 cm³/mol. The van der Waals surface area contributed by atoms with Crippen LogP contribution in [0, 0.1) is 0 Å². The number of benzene rings is 1. The van der Waals surface area contributed by atoms with E-state index in [1.165, 1.54) is 10.4 Å². The Morgan fingerprint density at radius 2 is 2.00 bits per heavy atom. The molecule has 0 saturated carbocycles. The lowest BCUT2D eigenvalue weighted by Crippen LogP contribution is -2.39. The Morgan fingerprint density at radius 1 is 1.29 bits per heavy atom. The molecule has 0 aliphatic carbocycles. The molecule has 1 aromatic heterocycles. The van der Waals surface area contributed by atoms with E-state index < -0.39 is 0 Å². The molecule has 0 fully saturated rings. The highest BCUT2D eigenvalue weighted by molar-refractivity contribution is 9.10. The van der Waals surface area contributed by atoms with Gasteiger partial charge >= 0.3 is 0 Å². The molecule has 1 N–H and O–H groups in total. The number of halogens is 2. The lowest BCUT2D eigenvalue weighted by molar-refractivity contribution is 0.405. The maximum atomic E-state index is 6.41. The van der Waals surface area contributed by atoms with Gasteiger partial charge in [0.2, 0.25) is 0 Å². The van der Waals surface area contributed by atoms with Crippen molar-refractivity contribution in [3.63, 3.8) is 0 Å². The van der Waals surface area contributed by atoms with Crippen LogP contribution in [0.5, 0.6) is 0 Å². The third-order valence-electron chi connectivity index (χ3n) is 3.29. The molecule has 0 aliphatic rings. The topological polar surface area (TPSA) is 12.0 Å². The first-order chi connectivity index (χ1) is 9.85. The smallest absolute Gasteiger partial charge is 0.0441 e. The van der Waals surface area contributed by atoms with E-state index in [4.69, 9.17) is 11.6 Å². The molecule has 4 heteroatoms. The molecule has 114 valence electrons. The number of thiophene rings is 1. The highest BCUT2D eigenvalue weighted by Crippen LogP contribution is 2.30. The average molecular weight is 387 g/mol. The largest absolute Gasteiger partial charge is 0.311 e. The van der Waals surface area contributed by atoms with Crippen molar-refractivity contribution in [2.75, 3.05) is 6.54 Å². The SMILES string of the molecule is CC(C)(C)NCC(Cc1cc(Br)cs1)c1ccccc1Cl. The standard InChI is InChI=1S/C17H21BrClNS/c1-17(2,3)20-10-12(8-14-9-13(18)11-21-14)15-6-4-5-7-16(15)19/h4-7,9,11-12,20H,8,10H2,1-3H3. The minimum atomic E-state index is 0.107. The zero-order valence-electron chi connectivity index (χ0n) is 12.6. The molecule has 2 rings (SSSR count). The van der Waals surface area contributed by atoms with E-state index in [0.29, 0.717) is 5.92 Å². The van der Waals surface area contributed by atoms with E-state index in [1.807, 2.05) is 12.1 Å². The molecule has 0 aliphatic heterocycles. The van der Waals surface area contributed by atoms with Gasteiger partial charge in [-0.05, 0) is 60.8 Å². The summed E-state index contributed by atoms with van der Waals surface area (Å²) in [6, 6.07) is 10.4. The second-order valence-electron chi connectivity index (χ2n) is 6.28. The Kier molecular flexibility index (Phi) is 5.89. The first kappa shape index (κ1) is 17.0. The summed E-state index contributed by atoms with van der Waals surface area (Å²) < 4.78 is 1.16. The average Bonchev–Trinajstić information content (AvgIpc) is 2.80. The lowest BCUT2D eigenvalue weighted by Gasteiger charge is -2.26. The molecule has 1 heterocycles. The number of rotatable bonds is 5. The summed E-state index contributed by atoms with van der Waals surface area (Å²) in [6.45, 7) is 7.50. The summed E-state index contributed by atoms with van der Waals surface area (Å²) in [5.41, 5.74) is 1.33. The molecule has 0 bridgehead atoms. The maximum Gasteiger partial charge on any atom is 0.0441 e. The molecule has 1 unspecified atom stereocenters. The van der Waals surface area contributed by atoms with Gasteiger partial charge < -0.3 is 5.32 Å². The molecule has 0 spiro atoms. The minimum Gasteiger partial charge on any atom is -0.311 e. The van der Waals surface area contributed by atoms with Crippen LogP contribution in [-0.4, -0.2) is 12.1 Å². The van der Waals surface area contributed by atoms with Crippen molar-refractivity contribution < 1.29 is 0 Å². The van der Waals surface area contributed by atoms with Crippen molar-refractivity contribution in [2.24, 2.45) is 0 Å². The number of hydrogen-bond acceptors (Lipinski definition) is 2. The van der Waals surface area contributed by atoms with Gasteiger partial charge in [-0.25, -0.2) is 0 Å². The van der Waals surface area contributed by atoms with Crippen molar-refractivity contribution in [2.45, 2.75) is 38.6 Å². The predicted octanol–water partition coefficient (Wildman–Crippen LogP) is 5.88. The van der Waals surface area contributed by atoms with E-state index in [0.717, 1.165) is 22.5 Å². The van der Waals surface area contributed by atoms with Gasteiger partial charge in [-0.3, -0.25) is 0 Å². The fourth-order valence-electron chi connectivity index (χ4n) is 2.23. The van der Waals surface area contributed by atoms with Gasteiger partial charge in [-0.2, -0.15) is 0 Å². The number of hydrogen-bond donors (Lipinski definition) is 1. The lowest BCUT2D eigenvalue weighted by atomic mass is 9.93. The molecular weight excluding hydrogens is 366 g/mol. The van der Waals surface area contributed by atoms with E-state index >= 15 is 0 Å². The van der Waals surface area contributed by atoms with Gasteiger partial charge in [0, 0.05) is 37.8 Å². The third kappa shape index (κ3) is 5.41. The number of nitrogens with one attached hydrogen (secondary N) is 1.